The molecule has 0 saturated carbocycles. The molecule has 1 N–H and O–H groups in total. The highest BCUT2D eigenvalue weighted by atomic mass is 16.5. The van der Waals surface area contributed by atoms with Gasteiger partial charge in [0.25, 0.3) is 0 Å². The summed E-state index contributed by atoms with van der Waals surface area (Å²) in [5, 5.41) is 9.81. The third-order valence-corrected chi connectivity index (χ3v) is 3.66. The van der Waals surface area contributed by atoms with Gasteiger partial charge in [0, 0.05) is 25.8 Å². The first-order valence-corrected chi connectivity index (χ1v) is 5.77. The van der Waals surface area contributed by atoms with Gasteiger partial charge in [0.05, 0.1) is 6.10 Å². The second-order valence-electron chi connectivity index (χ2n) is 4.67. The summed E-state index contributed by atoms with van der Waals surface area (Å²) in [5.74, 6) is 0.478. The predicted octanol–water partition coefficient (Wildman–Crippen LogP) is 0.868. The minimum Gasteiger partial charge on any atom is -0.392 e. The van der Waals surface area contributed by atoms with Crippen LogP contribution in [0.3, 0.4) is 0 Å². The van der Waals surface area contributed by atoms with Crippen LogP contribution in [0.2, 0.25) is 0 Å². The van der Waals surface area contributed by atoms with Crippen molar-refractivity contribution in [3.63, 3.8) is 0 Å². The second kappa shape index (κ2) is 4.60. The number of β-amino-alcohol motifs (C(OH)–C–C–N with tert-alkyl or cyclic N) is 1. The van der Waals surface area contributed by atoms with E-state index >= 15 is 0 Å². The molecular formula is C11H21NO2. The Hall–Kier alpha value is -0.120. The van der Waals surface area contributed by atoms with Gasteiger partial charge < -0.3 is 9.84 Å². The molecule has 0 radical (unpaired) electrons. The molecule has 2 aliphatic heterocycles. The van der Waals surface area contributed by atoms with E-state index in [1.54, 1.807) is 0 Å². The summed E-state index contributed by atoms with van der Waals surface area (Å²) >= 11 is 0. The number of aliphatic hydroxyl groups is 1. The summed E-state index contributed by atoms with van der Waals surface area (Å²) in [5.41, 5.74) is 0. The molecule has 3 heteroatoms. The fourth-order valence-electron chi connectivity index (χ4n) is 2.46. The Kier molecular flexibility index (Phi) is 3.42. The van der Waals surface area contributed by atoms with Crippen LogP contribution in [-0.2, 0) is 4.74 Å². The fourth-order valence-corrected chi connectivity index (χ4v) is 2.46. The zero-order valence-electron chi connectivity index (χ0n) is 8.98. The molecule has 0 amide bonds. The van der Waals surface area contributed by atoms with Crippen LogP contribution in [0.4, 0.5) is 0 Å². The molecule has 3 nitrogen and oxygen atoms in total. The van der Waals surface area contributed by atoms with Gasteiger partial charge in [-0.05, 0) is 31.7 Å². The predicted molar refractivity (Wildman–Crippen MR) is 55.2 cm³/mol. The van der Waals surface area contributed by atoms with E-state index in [0.29, 0.717) is 12.0 Å². The lowest BCUT2D eigenvalue weighted by molar-refractivity contribution is -0.0233. The average Bonchev–Trinajstić information content (AvgIpc) is 2.23. The van der Waals surface area contributed by atoms with E-state index in [4.69, 9.17) is 4.74 Å². The lowest BCUT2D eigenvalue weighted by Crippen LogP contribution is -2.49. The van der Waals surface area contributed by atoms with E-state index in [1.165, 1.54) is 0 Å². The highest BCUT2D eigenvalue weighted by Gasteiger charge is 2.29. The number of hydrogen-bond donors (Lipinski definition) is 1. The number of nitrogens with zero attached hydrogens (tertiary/aromatic N) is 1. The molecule has 2 heterocycles. The van der Waals surface area contributed by atoms with Crippen LogP contribution in [0.15, 0.2) is 0 Å². The van der Waals surface area contributed by atoms with E-state index in [9.17, 15) is 5.11 Å². The molecule has 0 aromatic heterocycles. The lowest BCUT2D eigenvalue weighted by atomic mass is 9.93. The molecule has 0 aliphatic carbocycles. The second-order valence-corrected chi connectivity index (χ2v) is 4.67. The van der Waals surface area contributed by atoms with E-state index in [-0.39, 0.29) is 6.10 Å². The molecule has 0 aromatic carbocycles. The van der Waals surface area contributed by atoms with Crippen molar-refractivity contribution in [3.05, 3.63) is 0 Å². The number of rotatable bonds is 1. The first-order chi connectivity index (χ1) is 6.77. The number of aliphatic hydroxyl groups excluding tert-OH is 1. The topological polar surface area (TPSA) is 32.7 Å². The largest absolute Gasteiger partial charge is 0.392 e. The lowest BCUT2D eigenvalue weighted by Gasteiger charge is -2.40. The Bertz CT molecular complexity index is 180. The fraction of sp³-hybridized carbons (Fsp3) is 1.00. The van der Waals surface area contributed by atoms with Crippen molar-refractivity contribution in [3.8, 4) is 0 Å². The zero-order valence-corrected chi connectivity index (χ0v) is 8.98. The summed E-state index contributed by atoms with van der Waals surface area (Å²) in [7, 11) is 0. The van der Waals surface area contributed by atoms with Crippen LogP contribution in [0.5, 0.6) is 0 Å². The van der Waals surface area contributed by atoms with Crippen molar-refractivity contribution in [1.29, 1.82) is 0 Å². The van der Waals surface area contributed by atoms with Gasteiger partial charge in [-0.3, -0.25) is 4.90 Å². The van der Waals surface area contributed by atoms with Crippen LogP contribution in [0.25, 0.3) is 0 Å². The summed E-state index contributed by atoms with van der Waals surface area (Å²) in [6, 6.07) is 0.658. The molecule has 0 bridgehead atoms. The molecular weight excluding hydrogens is 178 g/mol. The SMILES string of the molecule is CC1CCN(C2CCOCC2)CC1O. The van der Waals surface area contributed by atoms with Crippen molar-refractivity contribution in [2.45, 2.75) is 38.3 Å². The van der Waals surface area contributed by atoms with Crippen molar-refractivity contribution in [2.24, 2.45) is 5.92 Å². The highest BCUT2D eigenvalue weighted by Crippen LogP contribution is 2.22. The molecule has 2 fully saturated rings. The van der Waals surface area contributed by atoms with Gasteiger partial charge in [-0.25, -0.2) is 0 Å². The average molecular weight is 199 g/mol. The Morgan fingerprint density at radius 1 is 1.21 bits per heavy atom. The smallest absolute Gasteiger partial charge is 0.0693 e. The third-order valence-electron chi connectivity index (χ3n) is 3.66. The quantitative estimate of drug-likeness (QED) is 0.680. The first-order valence-electron chi connectivity index (χ1n) is 5.77. The molecule has 0 aromatic rings. The Morgan fingerprint density at radius 2 is 1.93 bits per heavy atom. The number of ether oxygens (including phenoxy) is 1. The summed E-state index contributed by atoms with van der Waals surface area (Å²) in [6.07, 6.45) is 3.30. The maximum atomic E-state index is 9.81. The van der Waals surface area contributed by atoms with Gasteiger partial charge >= 0.3 is 0 Å². The van der Waals surface area contributed by atoms with Crippen molar-refractivity contribution < 1.29 is 9.84 Å². The highest BCUT2D eigenvalue weighted by molar-refractivity contribution is 4.83. The minimum atomic E-state index is -0.119. The maximum absolute atomic E-state index is 9.81. The van der Waals surface area contributed by atoms with Crippen molar-refractivity contribution in [2.75, 3.05) is 26.3 Å². The van der Waals surface area contributed by atoms with E-state index < -0.39 is 0 Å². The molecule has 2 unspecified atom stereocenters. The Morgan fingerprint density at radius 3 is 2.57 bits per heavy atom. The third kappa shape index (κ3) is 2.27. The standard InChI is InChI=1S/C11H21NO2/c1-9-2-5-12(8-11(9)13)10-3-6-14-7-4-10/h9-11,13H,2-8H2,1H3. The van der Waals surface area contributed by atoms with E-state index in [0.717, 1.165) is 45.6 Å². The van der Waals surface area contributed by atoms with E-state index in [1.807, 2.05) is 0 Å². The van der Waals surface area contributed by atoms with Gasteiger partial charge in [0.2, 0.25) is 0 Å². The van der Waals surface area contributed by atoms with Crippen LogP contribution < -0.4 is 0 Å². The van der Waals surface area contributed by atoms with Gasteiger partial charge in [-0.2, -0.15) is 0 Å². The minimum absolute atomic E-state index is 0.119. The van der Waals surface area contributed by atoms with Crippen LogP contribution in [-0.4, -0.2) is 48.5 Å². The molecule has 2 rings (SSSR count). The molecule has 2 aliphatic rings. The van der Waals surface area contributed by atoms with Gasteiger partial charge in [-0.1, -0.05) is 6.92 Å². The van der Waals surface area contributed by atoms with Crippen LogP contribution in [0.1, 0.15) is 26.2 Å². The van der Waals surface area contributed by atoms with Crippen molar-refractivity contribution in [1.82, 2.24) is 4.90 Å². The van der Waals surface area contributed by atoms with Crippen LogP contribution >= 0.6 is 0 Å². The summed E-state index contributed by atoms with van der Waals surface area (Å²) in [4.78, 5) is 2.45. The van der Waals surface area contributed by atoms with Gasteiger partial charge in [-0.15, -0.1) is 0 Å². The Balaban J connectivity index is 1.85. The number of piperidine rings is 1. The van der Waals surface area contributed by atoms with Gasteiger partial charge in [0.1, 0.15) is 0 Å². The molecule has 14 heavy (non-hydrogen) atoms. The number of hydrogen-bond acceptors (Lipinski definition) is 3. The molecule has 0 spiro atoms. The molecule has 2 atom stereocenters. The number of likely N-dealkylation sites (tertiary alicyclic amines) is 1. The van der Waals surface area contributed by atoms with Crippen LogP contribution in [0, 0.1) is 5.92 Å². The zero-order chi connectivity index (χ0) is 9.97. The maximum Gasteiger partial charge on any atom is 0.0693 e. The van der Waals surface area contributed by atoms with Gasteiger partial charge in [0.15, 0.2) is 0 Å². The molecule has 82 valence electrons. The monoisotopic (exact) mass is 199 g/mol. The molecule has 2 saturated heterocycles. The summed E-state index contributed by atoms with van der Waals surface area (Å²) < 4.78 is 5.35. The summed E-state index contributed by atoms with van der Waals surface area (Å²) in [6.45, 7) is 5.96. The normalized spacial score (nSPS) is 37.3. The van der Waals surface area contributed by atoms with Crippen molar-refractivity contribution >= 4 is 0 Å². The first kappa shape index (κ1) is 10.4. The Labute approximate surface area is 86.0 Å². The van der Waals surface area contributed by atoms with E-state index in [2.05, 4.69) is 11.8 Å².